The van der Waals surface area contributed by atoms with Crippen molar-refractivity contribution in [1.82, 2.24) is 9.80 Å². The Labute approximate surface area is 131 Å². The molecule has 0 saturated carbocycles. The zero-order chi connectivity index (χ0) is 17.1. The van der Waals surface area contributed by atoms with Gasteiger partial charge in [-0.25, -0.2) is 9.59 Å². The number of hydrogen-bond acceptors (Lipinski definition) is 5. The SMILES string of the molecule is CC(C)(C)OC(=O)N1CCN(C(=O)OC(C)(C)C)[C@H](C=O)C1. The number of aldehydes is 1. The third-order valence-corrected chi connectivity index (χ3v) is 2.86. The van der Waals surface area contributed by atoms with Crippen LogP contribution in [-0.4, -0.2) is 65.2 Å². The molecule has 0 aromatic rings. The van der Waals surface area contributed by atoms with Gasteiger partial charge in [0, 0.05) is 13.1 Å². The van der Waals surface area contributed by atoms with Crippen molar-refractivity contribution in [3.05, 3.63) is 0 Å². The molecule has 1 aliphatic heterocycles. The van der Waals surface area contributed by atoms with Crippen molar-refractivity contribution in [1.29, 1.82) is 0 Å². The van der Waals surface area contributed by atoms with Gasteiger partial charge in [0.15, 0.2) is 0 Å². The van der Waals surface area contributed by atoms with Crippen LogP contribution in [0.2, 0.25) is 0 Å². The molecule has 1 heterocycles. The fourth-order valence-corrected chi connectivity index (χ4v) is 1.97. The standard InChI is InChI=1S/C15H26N2O5/c1-14(2,3)21-12(19)16-7-8-17(11(9-16)10-18)13(20)22-15(4,5)6/h10-11H,7-9H2,1-6H3/t11-/m0/s1. The fraction of sp³-hybridized carbons (Fsp3) is 0.800. The molecule has 1 atom stereocenters. The summed E-state index contributed by atoms with van der Waals surface area (Å²) in [7, 11) is 0. The second-order valence-corrected chi connectivity index (χ2v) is 7.30. The highest BCUT2D eigenvalue weighted by atomic mass is 16.6. The van der Waals surface area contributed by atoms with E-state index in [-0.39, 0.29) is 13.1 Å². The Morgan fingerprint density at radius 1 is 0.955 bits per heavy atom. The second-order valence-electron chi connectivity index (χ2n) is 7.30. The summed E-state index contributed by atoms with van der Waals surface area (Å²) in [6.45, 7) is 11.3. The average molecular weight is 314 g/mol. The first-order chi connectivity index (χ1) is 9.93. The van der Waals surface area contributed by atoms with E-state index >= 15 is 0 Å². The van der Waals surface area contributed by atoms with Gasteiger partial charge in [-0.1, -0.05) is 0 Å². The first-order valence-corrected chi connectivity index (χ1v) is 7.36. The van der Waals surface area contributed by atoms with E-state index in [1.165, 1.54) is 9.80 Å². The molecule has 7 nitrogen and oxygen atoms in total. The number of hydrogen-bond donors (Lipinski definition) is 0. The Balaban J connectivity index is 2.70. The smallest absolute Gasteiger partial charge is 0.411 e. The van der Waals surface area contributed by atoms with E-state index in [9.17, 15) is 14.4 Å². The first kappa shape index (κ1) is 18.3. The van der Waals surface area contributed by atoms with E-state index < -0.39 is 29.4 Å². The number of nitrogens with zero attached hydrogens (tertiary/aromatic N) is 2. The quantitative estimate of drug-likeness (QED) is 0.692. The molecule has 1 saturated heterocycles. The lowest BCUT2D eigenvalue weighted by molar-refractivity contribution is -0.114. The molecule has 0 bridgehead atoms. The monoisotopic (exact) mass is 314 g/mol. The van der Waals surface area contributed by atoms with Crippen LogP contribution < -0.4 is 0 Å². The van der Waals surface area contributed by atoms with Crippen LogP contribution in [0.25, 0.3) is 0 Å². The Hall–Kier alpha value is -1.79. The molecular weight excluding hydrogens is 288 g/mol. The van der Waals surface area contributed by atoms with Gasteiger partial charge in [0.1, 0.15) is 23.5 Å². The first-order valence-electron chi connectivity index (χ1n) is 7.36. The zero-order valence-electron chi connectivity index (χ0n) is 14.2. The minimum Gasteiger partial charge on any atom is -0.444 e. The lowest BCUT2D eigenvalue weighted by atomic mass is 10.2. The summed E-state index contributed by atoms with van der Waals surface area (Å²) in [5, 5.41) is 0. The highest BCUT2D eigenvalue weighted by Gasteiger charge is 2.36. The number of rotatable bonds is 1. The molecule has 0 aromatic carbocycles. The van der Waals surface area contributed by atoms with Crippen LogP contribution in [0.1, 0.15) is 41.5 Å². The predicted octanol–water partition coefficient (Wildman–Crippen LogP) is 2.04. The summed E-state index contributed by atoms with van der Waals surface area (Å²) in [4.78, 5) is 38.2. The molecule has 1 rings (SSSR count). The fourth-order valence-electron chi connectivity index (χ4n) is 1.97. The normalized spacial score (nSPS) is 19.6. The van der Waals surface area contributed by atoms with Gasteiger partial charge in [-0.3, -0.25) is 4.90 Å². The zero-order valence-corrected chi connectivity index (χ0v) is 14.2. The minimum atomic E-state index is -0.726. The van der Waals surface area contributed by atoms with E-state index in [0.29, 0.717) is 12.8 Å². The van der Waals surface area contributed by atoms with Crippen molar-refractivity contribution in [2.75, 3.05) is 19.6 Å². The van der Waals surface area contributed by atoms with Crippen molar-refractivity contribution in [3.63, 3.8) is 0 Å². The van der Waals surface area contributed by atoms with Gasteiger partial charge in [-0.15, -0.1) is 0 Å². The molecule has 22 heavy (non-hydrogen) atoms. The minimum absolute atomic E-state index is 0.109. The summed E-state index contributed by atoms with van der Waals surface area (Å²) in [5.74, 6) is 0. The third kappa shape index (κ3) is 5.54. The Morgan fingerprint density at radius 3 is 1.91 bits per heavy atom. The third-order valence-electron chi connectivity index (χ3n) is 2.86. The number of ether oxygens (including phenoxy) is 2. The lowest BCUT2D eigenvalue weighted by Gasteiger charge is -2.39. The van der Waals surface area contributed by atoms with Crippen molar-refractivity contribution in [3.8, 4) is 0 Å². The van der Waals surface area contributed by atoms with Crippen molar-refractivity contribution in [2.24, 2.45) is 0 Å². The maximum atomic E-state index is 12.1. The van der Waals surface area contributed by atoms with Crippen LogP contribution in [0.5, 0.6) is 0 Å². The Bertz CT molecular complexity index is 436. The molecular formula is C15H26N2O5. The highest BCUT2D eigenvalue weighted by Crippen LogP contribution is 2.17. The van der Waals surface area contributed by atoms with E-state index in [0.717, 1.165) is 0 Å². The van der Waals surface area contributed by atoms with Gasteiger partial charge in [-0.05, 0) is 41.5 Å². The van der Waals surface area contributed by atoms with Crippen molar-refractivity contribution in [2.45, 2.75) is 58.8 Å². The van der Waals surface area contributed by atoms with Crippen LogP contribution in [0, 0.1) is 0 Å². The number of piperazine rings is 1. The highest BCUT2D eigenvalue weighted by molar-refractivity contribution is 5.76. The summed E-state index contributed by atoms with van der Waals surface area (Å²) < 4.78 is 10.6. The summed E-state index contributed by atoms with van der Waals surface area (Å²) in [5.41, 5.74) is -1.23. The maximum absolute atomic E-state index is 12.1. The molecule has 0 spiro atoms. The lowest BCUT2D eigenvalue weighted by Crippen LogP contribution is -2.58. The molecule has 1 aliphatic rings. The van der Waals surface area contributed by atoms with Gasteiger partial charge in [0.25, 0.3) is 0 Å². The molecule has 0 unspecified atom stereocenters. The van der Waals surface area contributed by atoms with Crippen LogP contribution in [0.4, 0.5) is 9.59 Å². The summed E-state index contributed by atoms with van der Waals surface area (Å²) >= 11 is 0. The number of carbonyl (C=O) groups is 3. The average Bonchev–Trinajstić information content (AvgIpc) is 2.33. The van der Waals surface area contributed by atoms with Crippen LogP contribution in [-0.2, 0) is 14.3 Å². The van der Waals surface area contributed by atoms with E-state index in [4.69, 9.17) is 9.47 Å². The van der Waals surface area contributed by atoms with E-state index in [1.54, 1.807) is 41.5 Å². The predicted molar refractivity (Wildman–Crippen MR) is 80.6 cm³/mol. The van der Waals surface area contributed by atoms with E-state index in [1.807, 2.05) is 0 Å². The largest absolute Gasteiger partial charge is 0.444 e. The molecule has 0 N–H and O–H groups in total. The Kier molecular flexibility index (Phi) is 5.43. The van der Waals surface area contributed by atoms with Crippen LogP contribution in [0.3, 0.4) is 0 Å². The molecule has 126 valence electrons. The maximum Gasteiger partial charge on any atom is 0.411 e. The van der Waals surface area contributed by atoms with Gasteiger partial charge < -0.3 is 19.2 Å². The molecule has 0 radical (unpaired) electrons. The number of amides is 2. The second kappa shape index (κ2) is 6.54. The van der Waals surface area contributed by atoms with Crippen LogP contribution >= 0.6 is 0 Å². The van der Waals surface area contributed by atoms with Gasteiger partial charge >= 0.3 is 12.2 Å². The molecule has 1 fully saturated rings. The van der Waals surface area contributed by atoms with E-state index in [2.05, 4.69) is 0 Å². The molecule has 2 amide bonds. The summed E-state index contributed by atoms with van der Waals surface area (Å²) in [6.07, 6.45) is -0.378. The molecule has 7 heteroatoms. The Morgan fingerprint density at radius 2 is 1.45 bits per heavy atom. The van der Waals surface area contributed by atoms with Gasteiger partial charge in [0.05, 0.1) is 6.54 Å². The van der Waals surface area contributed by atoms with Gasteiger partial charge in [-0.2, -0.15) is 0 Å². The van der Waals surface area contributed by atoms with Gasteiger partial charge in [0.2, 0.25) is 0 Å². The van der Waals surface area contributed by atoms with Crippen LogP contribution in [0.15, 0.2) is 0 Å². The molecule has 0 aliphatic carbocycles. The summed E-state index contributed by atoms with van der Waals surface area (Å²) in [6, 6.07) is -0.726. The van der Waals surface area contributed by atoms with Crippen molar-refractivity contribution < 1.29 is 23.9 Å². The molecule has 0 aromatic heterocycles. The topological polar surface area (TPSA) is 76.2 Å². The van der Waals surface area contributed by atoms with Crippen molar-refractivity contribution >= 4 is 18.5 Å². The number of carbonyl (C=O) groups excluding carboxylic acids is 3.